The Morgan fingerprint density at radius 2 is 1.88 bits per heavy atom. The molecule has 5 heterocycles. The molecule has 1 spiro atoms. The van der Waals surface area contributed by atoms with Crippen LogP contribution < -0.4 is 5.32 Å². The van der Waals surface area contributed by atoms with Gasteiger partial charge in [-0.1, -0.05) is 61.8 Å². The van der Waals surface area contributed by atoms with Crippen LogP contribution in [0.5, 0.6) is 0 Å². The number of ether oxygens (including phenoxy) is 4. The minimum absolute atomic E-state index is 0.00755. The highest BCUT2D eigenvalue weighted by Crippen LogP contribution is 2.60. The summed E-state index contributed by atoms with van der Waals surface area (Å²) in [4.78, 5) is 34.9. The maximum absolute atomic E-state index is 13.9. The van der Waals surface area contributed by atoms with Gasteiger partial charge in [-0.05, 0) is 79.5 Å². The molecule has 1 aromatic heterocycles. The summed E-state index contributed by atoms with van der Waals surface area (Å²) < 4.78 is 39.4. The highest BCUT2D eigenvalue weighted by Gasteiger charge is 2.69. The predicted molar refractivity (Wildman–Crippen MR) is 181 cm³/mol. The van der Waals surface area contributed by atoms with Gasteiger partial charge in [0.1, 0.15) is 24.6 Å². The average Bonchev–Trinajstić information content (AvgIpc) is 3.35. The molecule has 2 bridgehead atoms. The zero-order valence-electron chi connectivity index (χ0n) is 28.0. The van der Waals surface area contributed by atoms with Gasteiger partial charge in [-0.2, -0.15) is 0 Å². The van der Waals surface area contributed by atoms with E-state index in [0.29, 0.717) is 45.9 Å². The van der Waals surface area contributed by atoms with E-state index in [1.807, 2.05) is 55.5 Å². The fourth-order valence-electron chi connectivity index (χ4n) is 8.29. The molecule has 50 heavy (non-hydrogen) atoms. The summed E-state index contributed by atoms with van der Waals surface area (Å²) in [6.07, 6.45) is 2.49. The molecule has 4 aromatic rings. The van der Waals surface area contributed by atoms with Crippen LogP contribution in [0.3, 0.4) is 0 Å². The second kappa shape index (κ2) is 13.1. The first kappa shape index (κ1) is 33.4. The first-order chi connectivity index (χ1) is 24.1. The van der Waals surface area contributed by atoms with E-state index in [-0.39, 0.29) is 29.4 Å². The number of hydrogen-bond donors (Lipinski definition) is 1. The normalized spacial score (nSPS) is 32.2. The van der Waals surface area contributed by atoms with Gasteiger partial charge in [-0.3, -0.25) is 0 Å². The number of benzene rings is 3. The van der Waals surface area contributed by atoms with Gasteiger partial charge in [0.2, 0.25) is 5.79 Å². The summed E-state index contributed by atoms with van der Waals surface area (Å²) in [6, 6.07) is 19.1. The highest BCUT2D eigenvalue weighted by atomic mass is 35.5. The Bertz CT molecular complexity index is 1900. The maximum Gasteiger partial charge on any atom is 0.340 e. The van der Waals surface area contributed by atoms with Crippen molar-refractivity contribution >= 4 is 40.0 Å². The maximum atomic E-state index is 13.9. The number of aromatic nitrogens is 2. The van der Waals surface area contributed by atoms with Crippen LogP contribution in [0, 0.1) is 29.5 Å². The summed E-state index contributed by atoms with van der Waals surface area (Å²) in [5.41, 5.74) is 1.86. The van der Waals surface area contributed by atoms with Gasteiger partial charge < -0.3 is 24.3 Å². The number of rotatable bonds is 8. The topological polar surface area (TPSA) is 110 Å². The second-order valence-corrected chi connectivity index (χ2v) is 14.5. The van der Waals surface area contributed by atoms with Crippen LogP contribution in [-0.4, -0.2) is 39.9 Å². The minimum atomic E-state index is -1.06. The molecule has 0 radical (unpaired) electrons. The van der Waals surface area contributed by atoms with Gasteiger partial charge in [0, 0.05) is 29.3 Å². The fraction of sp³-hybridized carbons (Fsp3) is 0.447. The largest absolute Gasteiger partial charge is 0.459 e. The zero-order chi connectivity index (χ0) is 34.6. The molecular formula is C38H39ClFN3O7. The van der Waals surface area contributed by atoms with Gasteiger partial charge >= 0.3 is 5.97 Å². The lowest BCUT2D eigenvalue weighted by Crippen LogP contribution is -2.70. The Labute approximate surface area is 294 Å². The number of halogens is 2. The monoisotopic (exact) mass is 703 g/mol. The molecule has 1 unspecified atom stereocenters. The van der Waals surface area contributed by atoms with Crippen LogP contribution in [0.4, 0.5) is 15.9 Å². The van der Waals surface area contributed by atoms with Gasteiger partial charge in [-0.15, -0.1) is 0 Å². The Kier molecular flexibility index (Phi) is 8.77. The van der Waals surface area contributed by atoms with E-state index in [0.717, 1.165) is 19.3 Å². The van der Waals surface area contributed by atoms with Crippen molar-refractivity contribution in [2.45, 2.75) is 83.1 Å². The molecule has 4 aliphatic heterocycles. The molecule has 9 rings (SSSR count). The van der Waals surface area contributed by atoms with Gasteiger partial charge in [0.25, 0.3) is 0 Å². The van der Waals surface area contributed by atoms with E-state index >= 15 is 0 Å². The van der Waals surface area contributed by atoms with Crippen molar-refractivity contribution in [2.24, 2.45) is 23.7 Å². The SMILES string of the molecule is C[C@@H]1CC[C@H]2[C@@H](C)C(O[C@H](C(=O)OCc3ccc4ncnc(Nc5ccc(F)c(Cl)c5)c4c3)c3ccccc3)O[C@@H]3O[C@@]4(C)CC[C@@H]1[C@]32OO4. The summed E-state index contributed by atoms with van der Waals surface area (Å²) in [7, 11) is 0. The van der Waals surface area contributed by atoms with Crippen LogP contribution in [0.1, 0.15) is 63.7 Å². The van der Waals surface area contributed by atoms with Crippen molar-refractivity contribution in [3.8, 4) is 0 Å². The molecule has 1 aliphatic carbocycles. The van der Waals surface area contributed by atoms with E-state index in [1.165, 1.54) is 18.5 Å². The van der Waals surface area contributed by atoms with Crippen molar-refractivity contribution < 1.29 is 37.9 Å². The molecule has 5 aliphatic rings. The number of fused-ring (bicyclic) bond motifs is 3. The van der Waals surface area contributed by atoms with E-state index < -0.39 is 41.9 Å². The average molecular weight is 704 g/mol. The first-order valence-electron chi connectivity index (χ1n) is 17.2. The Balaban J connectivity index is 1.03. The molecule has 12 heteroatoms. The lowest BCUT2D eigenvalue weighted by molar-refractivity contribution is -0.578. The third-order valence-electron chi connectivity index (χ3n) is 10.9. The third kappa shape index (κ3) is 5.93. The quantitative estimate of drug-likeness (QED) is 0.143. The zero-order valence-corrected chi connectivity index (χ0v) is 28.8. The van der Waals surface area contributed by atoms with Crippen molar-refractivity contribution in [3.63, 3.8) is 0 Å². The van der Waals surface area contributed by atoms with Crippen LogP contribution in [0.2, 0.25) is 5.02 Å². The van der Waals surface area contributed by atoms with Gasteiger partial charge in [-0.25, -0.2) is 28.9 Å². The fourth-order valence-corrected chi connectivity index (χ4v) is 8.47. The Morgan fingerprint density at radius 1 is 1.04 bits per heavy atom. The second-order valence-electron chi connectivity index (χ2n) is 14.1. The molecule has 9 atom stereocenters. The van der Waals surface area contributed by atoms with Crippen LogP contribution >= 0.6 is 11.6 Å². The van der Waals surface area contributed by atoms with Crippen molar-refractivity contribution in [1.29, 1.82) is 0 Å². The van der Waals surface area contributed by atoms with E-state index in [9.17, 15) is 9.18 Å². The number of nitrogens with zero attached hydrogens (tertiary/aromatic N) is 2. The molecule has 1 saturated carbocycles. The van der Waals surface area contributed by atoms with Crippen LogP contribution in [0.15, 0.2) is 73.1 Å². The summed E-state index contributed by atoms with van der Waals surface area (Å²) in [5.74, 6) is -0.946. The van der Waals surface area contributed by atoms with Gasteiger partial charge in [0.15, 0.2) is 24.3 Å². The number of carbonyl (C=O) groups is 1. The molecule has 3 aromatic carbocycles. The number of nitrogens with one attached hydrogen (secondary N) is 1. The number of carbonyl (C=O) groups excluding carboxylic acids is 1. The van der Waals surface area contributed by atoms with Crippen LogP contribution in [-0.2, 0) is 40.1 Å². The summed E-state index contributed by atoms with van der Waals surface area (Å²) >= 11 is 5.99. The van der Waals surface area contributed by atoms with Crippen molar-refractivity contribution in [1.82, 2.24) is 9.97 Å². The standard InChI is InChI=1S/C38H39ClFN3O7/c1-21-9-12-28-22(2)35(47-36-38(28)27(21)15-16-37(3,48-36)49-50-38)46-32(24-7-5-4-6-8-24)34(44)45-19-23-10-14-31-26(17-23)33(42-20-41-31)43-25-11-13-30(40)29(39)18-25/h4-8,10-11,13-14,17-18,20-22,27-28,32,35-36H,9,12,15-16,19H2,1-3H3,(H,41,42,43)/t21-,22-,27+,28+,32+,35?,36-,37-,38-/m1/s1. The Hall–Kier alpha value is -3.71. The molecule has 5 fully saturated rings. The molecule has 4 saturated heterocycles. The van der Waals surface area contributed by atoms with Crippen LogP contribution in [0.25, 0.3) is 10.9 Å². The van der Waals surface area contributed by atoms with E-state index in [1.54, 1.807) is 6.07 Å². The minimum Gasteiger partial charge on any atom is -0.459 e. The number of anilines is 2. The lowest BCUT2D eigenvalue weighted by Gasteiger charge is -2.60. The smallest absolute Gasteiger partial charge is 0.340 e. The molecule has 262 valence electrons. The predicted octanol–water partition coefficient (Wildman–Crippen LogP) is 8.18. The van der Waals surface area contributed by atoms with E-state index in [2.05, 4.69) is 29.1 Å². The van der Waals surface area contributed by atoms with E-state index in [4.69, 9.17) is 40.3 Å². The molecule has 10 nitrogen and oxygen atoms in total. The summed E-state index contributed by atoms with van der Waals surface area (Å²) in [6.45, 7) is 6.22. The highest BCUT2D eigenvalue weighted by molar-refractivity contribution is 6.31. The molecule has 0 amide bonds. The first-order valence-corrected chi connectivity index (χ1v) is 17.5. The van der Waals surface area contributed by atoms with Crippen molar-refractivity contribution in [2.75, 3.05) is 5.32 Å². The van der Waals surface area contributed by atoms with Crippen molar-refractivity contribution in [3.05, 3.63) is 95.0 Å². The third-order valence-corrected chi connectivity index (χ3v) is 11.2. The molecular weight excluding hydrogens is 665 g/mol. The molecule has 1 N–H and O–H groups in total. The van der Waals surface area contributed by atoms with Gasteiger partial charge in [0.05, 0.1) is 10.5 Å². The number of hydrogen-bond acceptors (Lipinski definition) is 10. The summed E-state index contributed by atoms with van der Waals surface area (Å²) in [5, 5.41) is 3.86. The lowest BCUT2D eigenvalue weighted by atomic mass is 9.58. The number of esters is 1. The Morgan fingerprint density at radius 3 is 2.70 bits per heavy atom.